The van der Waals surface area contributed by atoms with E-state index in [4.69, 9.17) is 9.26 Å². The maximum absolute atomic E-state index is 13.0. The standard InChI is InChI=1S/C19H25F3N6O2/c1-14-12-15(26-30-14)13-27-7-9-28(10-8-27)18(23-2)25-6-11-29-17-16(19(20,21)22)4-3-5-24-17/h3-5,12H,6-11,13H2,1-2H3,(H,23,25). The van der Waals surface area contributed by atoms with E-state index in [0.717, 1.165) is 50.2 Å². The van der Waals surface area contributed by atoms with E-state index in [-0.39, 0.29) is 6.61 Å². The number of halogens is 3. The molecule has 0 unspecified atom stereocenters. The van der Waals surface area contributed by atoms with E-state index in [1.165, 1.54) is 12.3 Å². The lowest BCUT2D eigenvalue weighted by atomic mass is 10.2. The molecule has 0 radical (unpaired) electrons. The number of nitrogens with one attached hydrogen (secondary N) is 1. The van der Waals surface area contributed by atoms with Crippen LogP contribution in [-0.4, -0.2) is 72.3 Å². The maximum Gasteiger partial charge on any atom is 0.421 e. The van der Waals surface area contributed by atoms with E-state index < -0.39 is 17.6 Å². The van der Waals surface area contributed by atoms with Crippen LogP contribution in [0.2, 0.25) is 0 Å². The van der Waals surface area contributed by atoms with Crippen LogP contribution in [0.25, 0.3) is 0 Å². The molecule has 0 saturated carbocycles. The Hall–Kier alpha value is -2.82. The lowest BCUT2D eigenvalue weighted by Gasteiger charge is -2.36. The molecule has 1 aliphatic heterocycles. The number of rotatable bonds is 6. The number of nitrogens with zero attached hydrogens (tertiary/aromatic N) is 5. The van der Waals surface area contributed by atoms with Gasteiger partial charge in [-0.25, -0.2) is 4.98 Å². The molecule has 0 spiro atoms. The van der Waals surface area contributed by atoms with Crippen molar-refractivity contribution >= 4 is 5.96 Å². The second-order valence-electron chi connectivity index (χ2n) is 6.87. The molecular formula is C19H25F3N6O2. The Morgan fingerprint density at radius 3 is 2.70 bits per heavy atom. The largest absolute Gasteiger partial charge is 0.475 e. The Bertz CT molecular complexity index is 847. The second-order valence-corrected chi connectivity index (χ2v) is 6.87. The van der Waals surface area contributed by atoms with Gasteiger partial charge in [-0.15, -0.1) is 0 Å². The van der Waals surface area contributed by atoms with Crippen molar-refractivity contribution in [3.05, 3.63) is 41.4 Å². The highest BCUT2D eigenvalue weighted by Crippen LogP contribution is 2.34. The molecule has 30 heavy (non-hydrogen) atoms. The molecule has 8 nitrogen and oxygen atoms in total. The topological polar surface area (TPSA) is 79.0 Å². The van der Waals surface area contributed by atoms with Gasteiger partial charge in [-0.05, 0) is 19.1 Å². The van der Waals surface area contributed by atoms with Gasteiger partial charge in [0.2, 0.25) is 5.88 Å². The van der Waals surface area contributed by atoms with Crippen molar-refractivity contribution in [3.8, 4) is 5.88 Å². The van der Waals surface area contributed by atoms with E-state index in [2.05, 4.69) is 30.2 Å². The van der Waals surface area contributed by atoms with E-state index in [9.17, 15) is 13.2 Å². The quantitative estimate of drug-likeness (QED) is 0.431. The van der Waals surface area contributed by atoms with Crippen LogP contribution < -0.4 is 10.1 Å². The number of guanidine groups is 1. The van der Waals surface area contributed by atoms with Crippen LogP contribution in [0.4, 0.5) is 13.2 Å². The molecular weight excluding hydrogens is 401 g/mol. The summed E-state index contributed by atoms with van der Waals surface area (Å²) in [5.74, 6) is 1.06. The average molecular weight is 426 g/mol. The Morgan fingerprint density at radius 2 is 2.07 bits per heavy atom. The molecule has 1 aliphatic rings. The first-order valence-corrected chi connectivity index (χ1v) is 9.62. The monoisotopic (exact) mass is 426 g/mol. The van der Waals surface area contributed by atoms with Gasteiger partial charge >= 0.3 is 6.18 Å². The number of aliphatic imine (C=N–C) groups is 1. The lowest BCUT2D eigenvalue weighted by molar-refractivity contribution is -0.139. The predicted molar refractivity (Wildman–Crippen MR) is 104 cm³/mol. The summed E-state index contributed by atoms with van der Waals surface area (Å²) in [5, 5.41) is 7.15. The number of alkyl halides is 3. The second kappa shape index (κ2) is 9.79. The number of aryl methyl sites for hydroxylation is 1. The van der Waals surface area contributed by atoms with Crippen LogP contribution in [0.15, 0.2) is 33.9 Å². The van der Waals surface area contributed by atoms with Gasteiger partial charge in [0.05, 0.1) is 12.2 Å². The molecule has 2 aromatic heterocycles. The Balaban J connectivity index is 1.43. The minimum atomic E-state index is -4.50. The molecule has 1 saturated heterocycles. The average Bonchev–Trinajstić information content (AvgIpc) is 3.13. The van der Waals surface area contributed by atoms with Crippen LogP contribution in [0, 0.1) is 6.92 Å². The molecule has 3 heterocycles. The van der Waals surface area contributed by atoms with Gasteiger partial charge in [-0.2, -0.15) is 13.2 Å². The van der Waals surface area contributed by atoms with E-state index >= 15 is 0 Å². The third-order valence-corrected chi connectivity index (χ3v) is 4.65. The van der Waals surface area contributed by atoms with Crippen molar-refractivity contribution < 1.29 is 22.4 Å². The lowest BCUT2D eigenvalue weighted by Crippen LogP contribution is -2.52. The highest BCUT2D eigenvalue weighted by molar-refractivity contribution is 5.80. The third-order valence-electron chi connectivity index (χ3n) is 4.65. The number of ether oxygens (including phenoxy) is 1. The molecule has 0 bridgehead atoms. The normalized spacial score (nSPS) is 16.0. The summed E-state index contributed by atoms with van der Waals surface area (Å²) in [5.41, 5.74) is 0.0289. The fourth-order valence-electron chi connectivity index (χ4n) is 3.20. The van der Waals surface area contributed by atoms with Crippen molar-refractivity contribution in [3.63, 3.8) is 0 Å². The maximum atomic E-state index is 13.0. The first-order chi connectivity index (χ1) is 14.4. The molecule has 1 fully saturated rings. The van der Waals surface area contributed by atoms with Gasteiger partial charge in [-0.3, -0.25) is 9.89 Å². The van der Waals surface area contributed by atoms with Crippen molar-refractivity contribution in [1.82, 2.24) is 25.3 Å². The predicted octanol–water partition coefficient (Wildman–Crippen LogP) is 2.17. The number of piperazine rings is 1. The number of aromatic nitrogens is 2. The van der Waals surface area contributed by atoms with Crippen LogP contribution >= 0.6 is 0 Å². The van der Waals surface area contributed by atoms with Crippen molar-refractivity contribution in [2.75, 3.05) is 46.4 Å². The molecule has 0 amide bonds. The molecule has 0 atom stereocenters. The van der Waals surface area contributed by atoms with Crippen molar-refractivity contribution in [1.29, 1.82) is 0 Å². The van der Waals surface area contributed by atoms with Gasteiger partial charge in [-0.1, -0.05) is 5.16 Å². The zero-order valence-corrected chi connectivity index (χ0v) is 16.9. The van der Waals surface area contributed by atoms with Gasteiger partial charge in [0, 0.05) is 52.0 Å². The fourth-order valence-corrected chi connectivity index (χ4v) is 3.20. The Kier molecular flexibility index (Phi) is 7.14. The van der Waals surface area contributed by atoms with Crippen molar-refractivity contribution in [2.45, 2.75) is 19.6 Å². The summed E-state index contributed by atoms with van der Waals surface area (Å²) in [6, 6.07) is 4.12. The van der Waals surface area contributed by atoms with Crippen molar-refractivity contribution in [2.24, 2.45) is 4.99 Å². The molecule has 0 aliphatic carbocycles. The Labute approximate surface area is 172 Å². The van der Waals surface area contributed by atoms with Crippen LogP contribution in [0.1, 0.15) is 17.0 Å². The number of hydrogen-bond acceptors (Lipinski definition) is 6. The summed E-state index contributed by atoms with van der Waals surface area (Å²) in [4.78, 5) is 12.3. The minimum absolute atomic E-state index is 0.0323. The smallest absolute Gasteiger partial charge is 0.421 e. The number of pyridine rings is 1. The number of hydrogen-bond donors (Lipinski definition) is 1. The highest BCUT2D eigenvalue weighted by Gasteiger charge is 2.35. The summed E-state index contributed by atoms with van der Waals surface area (Å²) >= 11 is 0. The van der Waals surface area contributed by atoms with E-state index in [1.807, 2.05) is 13.0 Å². The zero-order valence-electron chi connectivity index (χ0n) is 16.9. The summed E-state index contributed by atoms with van der Waals surface area (Å²) in [6.07, 6.45) is -3.23. The third kappa shape index (κ3) is 5.85. The molecule has 0 aromatic carbocycles. The zero-order chi connectivity index (χ0) is 21.6. The summed E-state index contributed by atoms with van der Waals surface area (Å²) < 4.78 is 49.3. The summed E-state index contributed by atoms with van der Waals surface area (Å²) in [6.45, 7) is 6.16. The first-order valence-electron chi connectivity index (χ1n) is 9.62. The van der Waals surface area contributed by atoms with Gasteiger partial charge in [0.1, 0.15) is 17.9 Å². The molecule has 11 heteroatoms. The van der Waals surface area contributed by atoms with Gasteiger partial charge < -0.3 is 19.5 Å². The van der Waals surface area contributed by atoms with E-state index in [0.29, 0.717) is 12.5 Å². The Morgan fingerprint density at radius 1 is 1.30 bits per heavy atom. The first kappa shape index (κ1) is 21.9. The van der Waals surface area contributed by atoms with Crippen LogP contribution in [-0.2, 0) is 12.7 Å². The molecule has 164 valence electrons. The summed E-state index contributed by atoms with van der Waals surface area (Å²) in [7, 11) is 1.67. The van der Waals surface area contributed by atoms with E-state index in [1.54, 1.807) is 7.05 Å². The highest BCUT2D eigenvalue weighted by atomic mass is 19.4. The SMILES string of the molecule is CN=C(NCCOc1ncccc1C(F)(F)F)N1CCN(Cc2cc(C)on2)CC1. The van der Waals surface area contributed by atoms with Gasteiger partial charge in [0.25, 0.3) is 0 Å². The molecule has 1 N–H and O–H groups in total. The minimum Gasteiger partial charge on any atom is -0.475 e. The fraction of sp³-hybridized carbons (Fsp3) is 0.526. The van der Waals surface area contributed by atoms with Crippen LogP contribution in [0.5, 0.6) is 5.88 Å². The van der Waals surface area contributed by atoms with Crippen LogP contribution in [0.3, 0.4) is 0 Å². The molecule has 2 aromatic rings. The molecule has 3 rings (SSSR count). The van der Waals surface area contributed by atoms with Gasteiger partial charge in [0.15, 0.2) is 5.96 Å².